The van der Waals surface area contributed by atoms with Crippen LogP contribution in [0.25, 0.3) is 10.9 Å². The molecular weight excluding hydrogens is 356 g/mol. The highest BCUT2D eigenvalue weighted by Gasteiger charge is 2.29. The molecule has 0 radical (unpaired) electrons. The van der Waals surface area contributed by atoms with Crippen molar-refractivity contribution in [1.29, 1.82) is 0 Å². The Balaban J connectivity index is 1.49. The number of rotatable bonds is 6. The van der Waals surface area contributed by atoms with Crippen LogP contribution >= 0.6 is 0 Å². The first-order valence-corrected chi connectivity index (χ1v) is 9.39. The van der Waals surface area contributed by atoms with E-state index >= 15 is 0 Å². The number of aromatic amines is 1. The molecule has 2 N–H and O–H groups in total. The van der Waals surface area contributed by atoms with Gasteiger partial charge in [0.15, 0.2) is 0 Å². The maximum absolute atomic E-state index is 13.1. The molecule has 0 spiro atoms. The van der Waals surface area contributed by atoms with Gasteiger partial charge in [-0.15, -0.1) is 0 Å². The fourth-order valence-electron chi connectivity index (χ4n) is 3.57. The molecule has 3 aromatic rings. The van der Waals surface area contributed by atoms with Crippen LogP contribution < -0.4 is 10.1 Å². The lowest BCUT2D eigenvalue weighted by atomic mass is 10.1. The first-order valence-electron chi connectivity index (χ1n) is 9.39. The summed E-state index contributed by atoms with van der Waals surface area (Å²) in [6.07, 6.45) is 3.48. The molecule has 7 nitrogen and oxygen atoms in total. The predicted octanol–water partition coefficient (Wildman–Crippen LogP) is 2.26. The lowest BCUT2D eigenvalue weighted by Crippen LogP contribution is -2.45. The zero-order valence-corrected chi connectivity index (χ0v) is 15.9. The minimum Gasteiger partial charge on any atom is -0.497 e. The van der Waals surface area contributed by atoms with Crippen LogP contribution in [0.15, 0.2) is 48.8 Å². The van der Waals surface area contributed by atoms with Gasteiger partial charge in [0.25, 0.3) is 0 Å². The van der Waals surface area contributed by atoms with Crippen molar-refractivity contribution in [1.82, 2.24) is 20.2 Å². The number of pyridine rings is 1. The number of ether oxygens (including phenoxy) is 2. The number of carbonyl (C=O) groups is 1. The van der Waals surface area contributed by atoms with E-state index in [4.69, 9.17) is 9.47 Å². The van der Waals surface area contributed by atoms with Gasteiger partial charge in [-0.1, -0.05) is 6.07 Å². The number of nitrogens with one attached hydrogen (secondary N) is 2. The quantitative estimate of drug-likeness (QED) is 0.686. The van der Waals surface area contributed by atoms with Gasteiger partial charge in [-0.2, -0.15) is 0 Å². The van der Waals surface area contributed by atoms with E-state index in [0.29, 0.717) is 19.8 Å². The fraction of sp³-hybridized carbons (Fsp3) is 0.333. The summed E-state index contributed by atoms with van der Waals surface area (Å²) in [5.41, 5.74) is 2.86. The van der Waals surface area contributed by atoms with Crippen molar-refractivity contribution in [3.63, 3.8) is 0 Å². The molecule has 4 rings (SSSR count). The molecule has 1 unspecified atom stereocenters. The number of aromatic nitrogens is 2. The van der Waals surface area contributed by atoms with E-state index in [1.54, 1.807) is 19.5 Å². The van der Waals surface area contributed by atoms with Crippen molar-refractivity contribution in [2.75, 3.05) is 33.4 Å². The molecule has 1 saturated heterocycles. The van der Waals surface area contributed by atoms with Crippen LogP contribution in [-0.4, -0.2) is 54.2 Å². The number of methoxy groups -OCH3 is 1. The minimum absolute atomic E-state index is 0.0360. The second-order valence-corrected chi connectivity index (χ2v) is 6.80. The second kappa shape index (κ2) is 8.41. The van der Waals surface area contributed by atoms with Gasteiger partial charge in [-0.25, -0.2) is 0 Å². The summed E-state index contributed by atoms with van der Waals surface area (Å²) in [5.74, 6) is 0.775. The van der Waals surface area contributed by atoms with Gasteiger partial charge in [0.05, 0.1) is 26.9 Å². The SMILES string of the molecule is COc1ccc2[nH]c(CNC(=O)C(c3cccnc3)N3CCOCC3)cc2c1. The molecule has 0 bridgehead atoms. The summed E-state index contributed by atoms with van der Waals surface area (Å²) in [6.45, 7) is 3.14. The van der Waals surface area contributed by atoms with Gasteiger partial charge >= 0.3 is 0 Å². The lowest BCUT2D eigenvalue weighted by Gasteiger charge is -2.33. The van der Waals surface area contributed by atoms with E-state index in [2.05, 4.69) is 20.2 Å². The number of benzene rings is 1. The van der Waals surface area contributed by atoms with Crippen molar-refractivity contribution in [3.8, 4) is 5.75 Å². The normalized spacial score (nSPS) is 16.0. The van der Waals surface area contributed by atoms with Crippen LogP contribution in [0.2, 0.25) is 0 Å². The van der Waals surface area contributed by atoms with Crippen molar-refractivity contribution in [2.45, 2.75) is 12.6 Å². The highest BCUT2D eigenvalue weighted by atomic mass is 16.5. The third-order valence-corrected chi connectivity index (χ3v) is 5.00. The summed E-state index contributed by atoms with van der Waals surface area (Å²) in [6, 6.07) is 11.3. The largest absolute Gasteiger partial charge is 0.497 e. The molecule has 7 heteroatoms. The summed E-state index contributed by atoms with van der Waals surface area (Å²) in [5, 5.41) is 4.13. The Morgan fingerprint density at radius 1 is 1.32 bits per heavy atom. The number of hydrogen-bond acceptors (Lipinski definition) is 5. The van der Waals surface area contributed by atoms with Crippen molar-refractivity contribution < 1.29 is 14.3 Å². The third kappa shape index (κ3) is 4.00. The van der Waals surface area contributed by atoms with Crippen molar-refractivity contribution in [3.05, 3.63) is 60.0 Å². The molecule has 0 saturated carbocycles. The summed E-state index contributed by atoms with van der Waals surface area (Å²) >= 11 is 0. The van der Waals surface area contributed by atoms with Gasteiger partial charge in [0, 0.05) is 42.1 Å². The summed E-state index contributed by atoms with van der Waals surface area (Å²) in [4.78, 5) is 22.8. The van der Waals surface area contributed by atoms with Crippen LogP contribution in [-0.2, 0) is 16.1 Å². The van der Waals surface area contributed by atoms with Crippen molar-refractivity contribution in [2.24, 2.45) is 0 Å². The molecule has 146 valence electrons. The van der Waals surface area contributed by atoms with Gasteiger partial charge in [0.1, 0.15) is 11.8 Å². The highest BCUT2D eigenvalue weighted by molar-refractivity contribution is 5.84. The standard InChI is InChI=1S/C21H24N4O3/c1-27-18-4-5-19-16(12-18)11-17(24-19)14-23-21(26)20(15-3-2-6-22-13-15)25-7-9-28-10-8-25/h2-6,11-13,20,24H,7-10,14H2,1H3,(H,23,26). The van der Waals surface area contributed by atoms with E-state index in [9.17, 15) is 4.79 Å². The Labute approximate surface area is 163 Å². The first-order chi connectivity index (χ1) is 13.7. The second-order valence-electron chi connectivity index (χ2n) is 6.80. The molecule has 1 aliphatic heterocycles. The molecular formula is C21H24N4O3. The number of fused-ring (bicyclic) bond motifs is 1. The van der Waals surface area contributed by atoms with E-state index in [1.807, 2.05) is 36.4 Å². The van der Waals surface area contributed by atoms with Crippen LogP contribution in [0.4, 0.5) is 0 Å². The van der Waals surface area contributed by atoms with E-state index in [-0.39, 0.29) is 11.9 Å². The molecule has 28 heavy (non-hydrogen) atoms. The number of amides is 1. The molecule has 1 aliphatic rings. The molecule has 1 amide bonds. The Kier molecular flexibility index (Phi) is 5.55. The highest BCUT2D eigenvalue weighted by Crippen LogP contribution is 2.23. The van der Waals surface area contributed by atoms with Crippen LogP contribution in [0.3, 0.4) is 0 Å². The molecule has 3 heterocycles. The molecule has 1 fully saturated rings. The van der Waals surface area contributed by atoms with Crippen molar-refractivity contribution >= 4 is 16.8 Å². The molecule has 1 atom stereocenters. The maximum atomic E-state index is 13.1. The predicted molar refractivity (Wildman–Crippen MR) is 106 cm³/mol. The Morgan fingerprint density at radius 2 is 2.18 bits per heavy atom. The van der Waals surface area contributed by atoms with Crippen LogP contribution in [0.5, 0.6) is 5.75 Å². The van der Waals surface area contributed by atoms with Crippen LogP contribution in [0.1, 0.15) is 17.3 Å². The lowest BCUT2D eigenvalue weighted by molar-refractivity contribution is -0.128. The minimum atomic E-state index is -0.373. The van der Waals surface area contributed by atoms with Crippen LogP contribution in [0, 0.1) is 0 Å². The molecule has 1 aromatic carbocycles. The van der Waals surface area contributed by atoms with Gasteiger partial charge in [-0.05, 0) is 35.9 Å². The Hall–Kier alpha value is -2.90. The van der Waals surface area contributed by atoms with E-state index in [1.165, 1.54) is 0 Å². The number of nitrogens with zero attached hydrogens (tertiary/aromatic N) is 2. The Morgan fingerprint density at radius 3 is 2.93 bits per heavy atom. The average Bonchev–Trinajstić information content (AvgIpc) is 3.16. The third-order valence-electron chi connectivity index (χ3n) is 5.00. The van der Waals surface area contributed by atoms with Gasteiger partial charge < -0.3 is 19.8 Å². The number of H-pyrrole nitrogens is 1. The van der Waals surface area contributed by atoms with E-state index < -0.39 is 0 Å². The summed E-state index contributed by atoms with van der Waals surface area (Å²) < 4.78 is 10.7. The average molecular weight is 380 g/mol. The zero-order chi connectivity index (χ0) is 19.3. The number of carbonyl (C=O) groups excluding carboxylic acids is 1. The Bertz CT molecular complexity index is 935. The molecule has 0 aliphatic carbocycles. The van der Waals surface area contributed by atoms with Gasteiger partial charge in [-0.3, -0.25) is 14.7 Å². The molecule has 2 aromatic heterocycles. The topological polar surface area (TPSA) is 79.5 Å². The smallest absolute Gasteiger partial charge is 0.242 e. The number of morpholine rings is 1. The first kappa shape index (κ1) is 18.5. The monoisotopic (exact) mass is 380 g/mol. The maximum Gasteiger partial charge on any atom is 0.242 e. The summed E-state index contributed by atoms with van der Waals surface area (Å²) in [7, 11) is 1.65. The fourth-order valence-corrected chi connectivity index (χ4v) is 3.57. The van der Waals surface area contributed by atoms with E-state index in [0.717, 1.165) is 41.0 Å². The van der Waals surface area contributed by atoms with Gasteiger partial charge in [0.2, 0.25) is 5.91 Å². The zero-order valence-electron chi connectivity index (χ0n) is 15.9. The number of hydrogen-bond donors (Lipinski definition) is 2.